The summed E-state index contributed by atoms with van der Waals surface area (Å²) < 4.78 is 0. The number of hydrogen-bond donors (Lipinski definition) is 4. The molecule has 1 aliphatic rings. The predicted molar refractivity (Wildman–Crippen MR) is 109 cm³/mol. The quantitative estimate of drug-likeness (QED) is 0.659. The minimum Gasteiger partial charge on any atom is -0.508 e. The Morgan fingerprint density at radius 1 is 1.07 bits per heavy atom. The van der Waals surface area contributed by atoms with Crippen molar-refractivity contribution >= 4 is 11.6 Å². The van der Waals surface area contributed by atoms with Gasteiger partial charge in [-0.2, -0.15) is 0 Å². The zero-order chi connectivity index (χ0) is 19.7. The Bertz CT molecular complexity index is 861. The van der Waals surface area contributed by atoms with Crippen LogP contribution in [0.2, 0.25) is 0 Å². The van der Waals surface area contributed by atoms with Crippen LogP contribution < -0.4 is 16.2 Å². The number of hydrogen-bond acceptors (Lipinski definition) is 4. The number of aromatic hydroxyl groups is 1. The number of anilines is 1. The molecule has 0 aromatic heterocycles. The topological polar surface area (TPSA) is 73.4 Å². The number of carbonyl (C=O) groups is 1. The summed E-state index contributed by atoms with van der Waals surface area (Å²) in [6.45, 7) is 10.4. The number of amides is 1. The Hall–Kier alpha value is -2.37. The Balaban J connectivity index is 1.68. The highest BCUT2D eigenvalue weighted by molar-refractivity contribution is 5.95. The van der Waals surface area contributed by atoms with Crippen molar-refractivity contribution < 1.29 is 9.90 Å². The summed E-state index contributed by atoms with van der Waals surface area (Å²) in [4.78, 5) is 12.7. The second kappa shape index (κ2) is 7.71. The van der Waals surface area contributed by atoms with Crippen molar-refractivity contribution in [3.8, 4) is 5.75 Å². The number of phenolic OH excluding ortho intramolecular Hbond substituents is 1. The van der Waals surface area contributed by atoms with E-state index in [9.17, 15) is 9.90 Å². The molecule has 144 valence electrons. The Morgan fingerprint density at radius 2 is 1.78 bits per heavy atom. The predicted octanol–water partition coefficient (Wildman–Crippen LogP) is 3.99. The van der Waals surface area contributed by atoms with Crippen LogP contribution in [0.3, 0.4) is 0 Å². The van der Waals surface area contributed by atoms with Gasteiger partial charge < -0.3 is 10.4 Å². The van der Waals surface area contributed by atoms with E-state index in [0.29, 0.717) is 12.3 Å². The lowest BCUT2D eigenvalue weighted by Crippen LogP contribution is -2.39. The van der Waals surface area contributed by atoms with Crippen LogP contribution in [0.4, 0.5) is 5.69 Å². The fourth-order valence-corrected chi connectivity index (χ4v) is 3.67. The zero-order valence-electron chi connectivity index (χ0n) is 16.7. The van der Waals surface area contributed by atoms with E-state index in [1.807, 2.05) is 32.0 Å². The van der Waals surface area contributed by atoms with Crippen LogP contribution in [-0.4, -0.2) is 17.1 Å². The first-order valence-corrected chi connectivity index (χ1v) is 9.49. The maximum Gasteiger partial charge on any atom is 0.242 e. The molecule has 0 saturated carbocycles. The molecule has 1 aliphatic heterocycles. The molecule has 0 aliphatic carbocycles. The lowest BCUT2D eigenvalue weighted by molar-refractivity contribution is -0.117. The summed E-state index contributed by atoms with van der Waals surface area (Å²) in [5, 5.41) is 13.3. The number of carbonyl (C=O) groups excluding carboxylic acids is 1. The third-order valence-electron chi connectivity index (χ3n) is 5.40. The molecular weight excluding hydrogens is 338 g/mol. The van der Waals surface area contributed by atoms with Gasteiger partial charge in [0.1, 0.15) is 11.8 Å². The first-order valence-electron chi connectivity index (χ1n) is 9.49. The zero-order valence-corrected chi connectivity index (χ0v) is 16.7. The molecule has 1 fully saturated rings. The highest BCUT2D eigenvalue weighted by Crippen LogP contribution is 2.32. The molecule has 2 unspecified atom stereocenters. The summed E-state index contributed by atoms with van der Waals surface area (Å²) in [7, 11) is 0. The summed E-state index contributed by atoms with van der Waals surface area (Å²) in [5.41, 5.74) is 12.5. The van der Waals surface area contributed by atoms with E-state index in [2.05, 4.69) is 43.0 Å². The van der Waals surface area contributed by atoms with Crippen LogP contribution in [0.1, 0.15) is 60.0 Å². The smallest absolute Gasteiger partial charge is 0.242 e. The maximum atomic E-state index is 12.7. The molecule has 27 heavy (non-hydrogen) atoms. The molecule has 5 nitrogen and oxygen atoms in total. The largest absolute Gasteiger partial charge is 0.508 e. The lowest BCUT2D eigenvalue weighted by Gasteiger charge is -2.15. The average Bonchev–Trinajstić information content (AvgIpc) is 3.07. The lowest BCUT2D eigenvalue weighted by atomic mass is 9.96. The average molecular weight is 367 g/mol. The van der Waals surface area contributed by atoms with Gasteiger partial charge in [0.2, 0.25) is 5.91 Å². The summed E-state index contributed by atoms with van der Waals surface area (Å²) in [5.74, 6) is 0.644. The van der Waals surface area contributed by atoms with Crippen LogP contribution in [-0.2, 0) is 4.79 Å². The Labute approximate surface area is 161 Å². The molecule has 1 saturated heterocycles. The van der Waals surface area contributed by atoms with E-state index in [0.717, 1.165) is 22.4 Å². The molecule has 5 heteroatoms. The number of hydrazine groups is 1. The van der Waals surface area contributed by atoms with E-state index in [-0.39, 0.29) is 23.7 Å². The third kappa shape index (κ3) is 4.15. The van der Waals surface area contributed by atoms with Gasteiger partial charge in [-0.05, 0) is 73.6 Å². The highest BCUT2D eigenvalue weighted by Gasteiger charge is 2.31. The summed E-state index contributed by atoms with van der Waals surface area (Å²) in [6.07, 6.45) is 0.574. The minimum absolute atomic E-state index is 0.0787. The Morgan fingerprint density at radius 3 is 2.44 bits per heavy atom. The second-order valence-electron chi connectivity index (χ2n) is 7.84. The van der Waals surface area contributed by atoms with E-state index >= 15 is 0 Å². The molecule has 3 rings (SSSR count). The van der Waals surface area contributed by atoms with Crippen LogP contribution >= 0.6 is 0 Å². The maximum absolute atomic E-state index is 12.7. The van der Waals surface area contributed by atoms with Gasteiger partial charge in [-0.25, -0.2) is 10.9 Å². The minimum atomic E-state index is -0.360. The van der Waals surface area contributed by atoms with Crippen molar-refractivity contribution in [3.05, 3.63) is 58.1 Å². The normalized spacial score (nSPS) is 19.5. The third-order valence-corrected chi connectivity index (χ3v) is 5.40. The molecule has 0 spiro atoms. The van der Waals surface area contributed by atoms with Crippen molar-refractivity contribution in [2.45, 2.75) is 59.0 Å². The van der Waals surface area contributed by atoms with Crippen LogP contribution in [0.25, 0.3) is 0 Å². The van der Waals surface area contributed by atoms with Crippen LogP contribution in [0.5, 0.6) is 5.75 Å². The second-order valence-corrected chi connectivity index (χ2v) is 7.84. The van der Waals surface area contributed by atoms with Crippen molar-refractivity contribution in [2.75, 3.05) is 5.32 Å². The van der Waals surface area contributed by atoms with Crippen LogP contribution in [0.15, 0.2) is 30.3 Å². The van der Waals surface area contributed by atoms with E-state index < -0.39 is 0 Å². The molecule has 2 aromatic carbocycles. The number of benzene rings is 2. The van der Waals surface area contributed by atoms with Gasteiger partial charge in [-0.15, -0.1) is 0 Å². The van der Waals surface area contributed by atoms with Gasteiger partial charge in [-0.3, -0.25) is 4.79 Å². The molecule has 4 N–H and O–H groups in total. The molecule has 1 heterocycles. The highest BCUT2D eigenvalue weighted by atomic mass is 16.3. The Kier molecular flexibility index (Phi) is 5.53. The molecule has 1 amide bonds. The molecule has 0 bridgehead atoms. The summed E-state index contributed by atoms with van der Waals surface area (Å²) in [6, 6.07) is 9.34. The van der Waals surface area contributed by atoms with Crippen molar-refractivity contribution in [1.82, 2.24) is 10.9 Å². The van der Waals surface area contributed by atoms with Crippen molar-refractivity contribution in [2.24, 2.45) is 0 Å². The van der Waals surface area contributed by atoms with Crippen LogP contribution in [0, 0.1) is 20.8 Å². The van der Waals surface area contributed by atoms with Gasteiger partial charge >= 0.3 is 0 Å². The SMILES string of the molecule is Cc1cc(O)c(C2CC(C(=O)Nc3ccc(C(C)C)c(C)c3)NN2)cc1C. The standard InChI is InChI=1S/C22H29N3O2/c1-12(2)17-7-6-16(8-15(17)5)23-22(27)20-11-19(24-25-20)18-9-13(3)14(4)10-21(18)26/h6-10,12,19-20,24-26H,11H2,1-5H3,(H,23,27). The van der Waals surface area contributed by atoms with Gasteiger partial charge in [0.15, 0.2) is 0 Å². The number of nitrogens with one attached hydrogen (secondary N) is 3. The first kappa shape index (κ1) is 19.4. The molecular formula is C22H29N3O2. The van der Waals surface area contributed by atoms with Gasteiger partial charge in [0.25, 0.3) is 0 Å². The van der Waals surface area contributed by atoms with E-state index in [1.54, 1.807) is 6.07 Å². The fourth-order valence-electron chi connectivity index (χ4n) is 3.67. The van der Waals surface area contributed by atoms with Crippen molar-refractivity contribution in [3.63, 3.8) is 0 Å². The fraction of sp³-hybridized carbons (Fsp3) is 0.409. The van der Waals surface area contributed by atoms with E-state index in [1.165, 1.54) is 11.1 Å². The molecule has 0 radical (unpaired) electrons. The first-order chi connectivity index (χ1) is 12.8. The van der Waals surface area contributed by atoms with Gasteiger partial charge in [0, 0.05) is 11.3 Å². The van der Waals surface area contributed by atoms with Crippen molar-refractivity contribution in [1.29, 1.82) is 0 Å². The summed E-state index contributed by atoms with van der Waals surface area (Å²) >= 11 is 0. The molecule has 2 atom stereocenters. The van der Waals surface area contributed by atoms with Gasteiger partial charge in [-0.1, -0.05) is 26.0 Å². The van der Waals surface area contributed by atoms with Gasteiger partial charge in [0.05, 0.1) is 6.04 Å². The van der Waals surface area contributed by atoms with E-state index in [4.69, 9.17) is 0 Å². The number of aryl methyl sites for hydroxylation is 3. The number of phenols is 1. The number of rotatable bonds is 4. The molecule has 2 aromatic rings. The monoisotopic (exact) mass is 367 g/mol.